The molecular weight excluding hydrogens is 219 g/mol. The number of pyridine rings is 1. The number of hydrogen-bond acceptors (Lipinski definition) is 3. The van der Waals surface area contributed by atoms with Crippen molar-refractivity contribution in [2.24, 2.45) is 5.92 Å². The summed E-state index contributed by atoms with van der Waals surface area (Å²) in [4.78, 5) is 3.87. The van der Waals surface area contributed by atoms with Gasteiger partial charge in [0.05, 0.1) is 7.11 Å². The Morgan fingerprint density at radius 3 is 2.94 bits per heavy atom. The molecule has 2 unspecified atom stereocenters. The van der Waals surface area contributed by atoms with Crippen LogP contribution in [0.5, 0.6) is 5.88 Å². The molecule has 1 fully saturated rings. The van der Waals surface area contributed by atoms with Crippen molar-refractivity contribution < 1.29 is 9.13 Å². The molecule has 0 amide bonds. The van der Waals surface area contributed by atoms with Crippen LogP contribution in [0.15, 0.2) is 12.3 Å². The average Bonchev–Trinajstić information content (AvgIpc) is 2.31. The van der Waals surface area contributed by atoms with Gasteiger partial charge in [0, 0.05) is 6.20 Å². The molecular formula is C13H19FN2O. The highest BCUT2D eigenvalue weighted by atomic mass is 19.1. The number of nitrogens with zero attached hydrogens (tertiary/aromatic N) is 1. The maximum Gasteiger partial charge on any atom is 0.250 e. The van der Waals surface area contributed by atoms with Crippen LogP contribution in [0.2, 0.25) is 0 Å². The second-order valence-corrected chi connectivity index (χ2v) is 4.48. The summed E-state index contributed by atoms with van der Waals surface area (Å²) in [6, 6.07) is 1.78. The predicted octanol–water partition coefficient (Wildman–Crippen LogP) is 2.33. The van der Waals surface area contributed by atoms with E-state index in [1.165, 1.54) is 13.5 Å². The lowest BCUT2D eigenvalue weighted by Crippen LogP contribution is -2.34. The van der Waals surface area contributed by atoms with Crippen LogP contribution in [0.1, 0.15) is 31.2 Å². The van der Waals surface area contributed by atoms with Crippen molar-refractivity contribution in [2.75, 3.05) is 20.2 Å². The van der Waals surface area contributed by atoms with Gasteiger partial charge in [-0.3, -0.25) is 0 Å². The van der Waals surface area contributed by atoms with E-state index in [0.29, 0.717) is 11.8 Å². The number of aromatic nitrogens is 1. The Balaban J connectivity index is 2.12. The van der Waals surface area contributed by atoms with Crippen LogP contribution in [-0.2, 0) is 0 Å². The number of nitrogens with one attached hydrogen (secondary N) is 1. The van der Waals surface area contributed by atoms with E-state index in [9.17, 15) is 4.39 Å². The summed E-state index contributed by atoms with van der Waals surface area (Å²) in [6.07, 6.45) is 3.85. The predicted molar refractivity (Wildman–Crippen MR) is 64.8 cm³/mol. The molecule has 0 radical (unpaired) electrons. The molecule has 1 N–H and O–H groups in total. The number of halogens is 1. The number of hydrogen-bond donors (Lipinski definition) is 1. The maximum atomic E-state index is 14.0. The quantitative estimate of drug-likeness (QED) is 0.855. The van der Waals surface area contributed by atoms with Gasteiger partial charge in [0.2, 0.25) is 5.88 Å². The smallest absolute Gasteiger partial charge is 0.250 e. The zero-order valence-electron chi connectivity index (χ0n) is 10.4. The van der Waals surface area contributed by atoms with E-state index in [-0.39, 0.29) is 11.7 Å². The van der Waals surface area contributed by atoms with Crippen LogP contribution in [0.3, 0.4) is 0 Å². The summed E-state index contributed by atoms with van der Waals surface area (Å²) in [5.41, 5.74) is 0.756. The topological polar surface area (TPSA) is 34.2 Å². The van der Waals surface area contributed by atoms with Crippen LogP contribution < -0.4 is 10.1 Å². The van der Waals surface area contributed by atoms with E-state index in [4.69, 9.17) is 4.74 Å². The summed E-state index contributed by atoms with van der Waals surface area (Å²) >= 11 is 0. The Labute approximate surface area is 101 Å². The highest BCUT2D eigenvalue weighted by Gasteiger charge is 2.34. The Morgan fingerprint density at radius 2 is 2.35 bits per heavy atom. The van der Waals surface area contributed by atoms with Crippen LogP contribution in [-0.4, -0.2) is 25.2 Å². The van der Waals surface area contributed by atoms with Gasteiger partial charge in [-0.1, -0.05) is 6.92 Å². The molecule has 0 saturated heterocycles. The highest BCUT2D eigenvalue weighted by Crippen LogP contribution is 2.43. The number of rotatable bonds is 5. The van der Waals surface area contributed by atoms with Gasteiger partial charge in [-0.25, -0.2) is 9.37 Å². The summed E-state index contributed by atoms with van der Waals surface area (Å²) in [7, 11) is 1.45. The minimum Gasteiger partial charge on any atom is -0.479 e. The van der Waals surface area contributed by atoms with Gasteiger partial charge in [-0.05, 0) is 49.4 Å². The molecule has 0 spiro atoms. The molecule has 0 bridgehead atoms. The fraction of sp³-hybridized carbons (Fsp3) is 0.615. The maximum absolute atomic E-state index is 14.0. The number of ether oxygens (including phenoxy) is 1. The van der Waals surface area contributed by atoms with Gasteiger partial charge in [0.25, 0.3) is 0 Å². The van der Waals surface area contributed by atoms with Crippen LogP contribution in [0.4, 0.5) is 4.39 Å². The molecule has 94 valence electrons. The Kier molecular flexibility index (Phi) is 3.94. The monoisotopic (exact) mass is 238 g/mol. The fourth-order valence-electron chi connectivity index (χ4n) is 2.42. The normalized spacial score (nSPS) is 23.2. The SMILES string of the molecule is CCNCC1CCC1c1ccnc(OC)c1F. The fourth-order valence-corrected chi connectivity index (χ4v) is 2.42. The van der Waals surface area contributed by atoms with E-state index >= 15 is 0 Å². The minimum absolute atomic E-state index is 0.108. The van der Waals surface area contributed by atoms with Gasteiger partial charge in [-0.2, -0.15) is 0 Å². The molecule has 1 aliphatic rings. The zero-order valence-corrected chi connectivity index (χ0v) is 10.4. The second-order valence-electron chi connectivity index (χ2n) is 4.48. The molecule has 1 aromatic rings. The van der Waals surface area contributed by atoms with Crippen molar-refractivity contribution in [1.29, 1.82) is 0 Å². The van der Waals surface area contributed by atoms with Crippen molar-refractivity contribution >= 4 is 0 Å². The van der Waals surface area contributed by atoms with Crippen LogP contribution >= 0.6 is 0 Å². The first-order chi connectivity index (χ1) is 8.27. The molecule has 2 rings (SSSR count). The van der Waals surface area contributed by atoms with Gasteiger partial charge < -0.3 is 10.1 Å². The molecule has 17 heavy (non-hydrogen) atoms. The summed E-state index contributed by atoms with van der Waals surface area (Å²) in [5, 5.41) is 3.33. The first kappa shape index (κ1) is 12.3. The Morgan fingerprint density at radius 1 is 1.53 bits per heavy atom. The largest absolute Gasteiger partial charge is 0.479 e. The third-order valence-corrected chi connectivity index (χ3v) is 3.55. The first-order valence-corrected chi connectivity index (χ1v) is 6.17. The lowest BCUT2D eigenvalue weighted by molar-refractivity contribution is 0.239. The molecule has 1 aromatic heterocycles. The molecule has 1 saturated carbocycles. The van der Waals surface area contributed by atoms with E-state index < -0.39 is 0 Å². The van der Waals surface area contributed by atoms with Crippen molar-refractivity contribution in [3.8, 4) is 5.88 Å². The van der Waals surface area contributed by atoms with E-state index in [1.54, 1.807) is 12.3 Å². The Bertz CT molecular complexity index is 384. The highest BCUT2D eigenvalue weighted by molar-refractivity contribution is 5.29. The second kappa shape index (κ2) is 5.45. The minimum atomic E-state index is -0.291. The van der Waals surface area contributed by atoms with E-state index in [1.807, 2.05) is 0 Å². The van der Waals surface area contributed by atoms with Crippen LogP contribution in [0, 0.1) is 11.7 Å². The molecule has 4 heteroatoms. The lowest BCUT2D eigenvalue weighted by Gasteiger charge is -2.37. The van der Waals surface area contributed by atoms with Crippen molar-refractivity contribution in [2.45, 2.75) is 25.7 Å². The molecule has 0 aliphatic heterocycles. The third-order valence-electron chi connectivity index (χ3n) is 3.55. The summed E-state index contributed by atoms with van der Waals surface area (Å²) in [6.45, 7) is 4.01. The van der Waals surface area contributed by atoms with Gasteiger partial charge >= 0.3 is 0 Å². The summed E-state index contributed by atoms with van der Waals surface area (Å²) < 4.78 is 19.0. The first-order valence-electron chi connectivity index (χ1n) is 6.17. The van der Waals surface area contributed by atoms with Crippen molar-refractivity contribution in [3.05, 3.63) is 23.6 Å². The van der Waals surface area contributed by atoms with Crippen molar-refractivity contribution in [3.63, 3.8) is 0 Å². The van der Waals surface area contributed by atoms with Gasteiger partial charge in [0.1, 0.15) is 0 Å². The average molecular weight is 238 g/mol. The van der Waals surface area contributed by atoms with Gasteiger partial charge in [-0.15, -0.1) is 0 Å². The van der Waals surface area contributed by atoms with E-state index in [2.05, 4.69) is 17.2 Å². The summed E-state index contributed by atoms with van der Waals surface area (Å²) in [5.74, 6) is 0.667. The Hall–Kier alpha value is -1.16. The third kappa shape index (κ3) is 2.41. The zero-order chi connectivity index (χ0) is 12.3. The molecule has 0 aromatic carbocycles. The standard InChI is InChI=1S/C13H19FN2O/c1-3-15-8-9-4-5-10(9)11-6-7-16-13(17-2)12(11)14/h6-7,9-10,15H,3-5,8H2,1-2H3. The molecule has 1 aliphatic carbocycles. The van der Waals surface area contributed by atoms with E-state index in [0.717, 1.165) is 25.1 Å². The van der Waals surface area contributed by atoms with Crippen molar-refractivity contribution in [1.82, 2.24) is 10.3 Å². The van der Waals surface area contributed by atoms with Crippen LogP contribution in [0.25, 0.3) is 0 Å². The van der Waals surface area contributed by atoms with Gasteiger partial charge in [0.15, 0.2) is 5.82 Å². The molecule has 3 nitrogen and oxygen atoms in total. The molecule has 1 heterocycles. The lowest BCUT2D eigenvalue weighted by atomic mass is 9.70. The number of methoxy groups -OCH3 is 1. The molecule has 2 atom stereocenters.